The van der Waals surface area contributed by atoms with E-state index < -0.39 is 24.0 Å². The number of benzene rings is 1. The zero-order valence-corrected chi connectivity index (χ0v) is 12.6. The molecule has 21 heavy (non-hydrogen) atoms. The molecular formula is C15H16CuNO4. The molecule has 0 saturated heterocycles. The Morgan fingerprint density at radius 3 is 2.52 bits per heavy atom. The van der Waals surface area contributed by atoms with Gasteiger partial charge >= 0.3 is 23.0 Å². The van der Waals surface area contributed by atoms with Crippen LogP contribution < -0.4 is 5.32 Å². The molecular weight excluding hydrogens is 322 g/mol. The van der Waals surface area contributed by atoms with Gasteiger partial charge in [0.05, 0.1) is 19.8 Å². The van der Waals surface area contributed by atoms with E-state index in [-0.39, 0.29) is 23.7 Å². The fraction of sp³-hybridized carbons (Fsp3) is 0.333. The molecule has 1 N–H and O–H groups in total. The molecule has 0 unspecified atom stereocenters. The van der Waals surface area contributed by atoms with Crippen LogP contribution in [-0.2, 0) is 36.1 Å². The molecule has 1 heterocycles. The SMILES string of the molecule is CCOC(=O)C1=[C-][C@@H](C(=O)OC)N[C@H]1c1ccccc1.[Cu+]. The molecule has 0 radical (unpaired) electrons. The second-order valence-corrected chi connectivity index (χ2v) is 4.25. The van der Waals surface area contributed by atoms with Crippen LogP contribution in [0, 0.1) is 6.08 Å². The van der Waals surface area contributed by atoms with Crippen molar-refractivity contribution in [2.45, 2.75) is 19.0 Å². The number of rotatable bonds is 4. The number of hydrogen-bond donors (Lipinski definition) is 1. The second kappa shape index (κ2) is 7.98. The van der Waals surface area contributed by atoms with Crippen molar-refractivity contribution in [3.05, 3.63) is 47.5 Å². The first-order valence-electron chi connectivity index (χ1n) is 6.36. The molecule has 1 aliphatic rings. The number of carbonyl (C=O) groups is 2. The maximum atomic E-state index is 12.0. The average molecular weight is 338 g/mol. The van der Waals surface area contributed by atoms with Gasteiger partial charge in [0.1, 0.15) is 0 Å². The van der Waals surface area contributed by atoms with Crippen molar-refractivity contribution in [2.24, 2.45) is 0 Å². The van der Waals surface area contributed by atoms with Crippen LogP contribution in [0.2, 0.25) is 0 Å². The Hall–Kier alpha value is -1.62. The van der Waals surface area contributed by atoms with Crippen molar-refractivity contribution < 1.29 is 36.1 Å². The molecule has 1 aromatic carbocycles. The van der Waals surface area contributed by atoms with Crippen LogP contribution in [0.3, 0.4) is 0 Å². The molecule has 0 bridgehead atoms. The molecule has 0 aliphatic carbocycles. The average Bonchev–Trinajstić information content (AvgIpc) is 2.93. The Kier molecular flexibility index (Phi) is 6.62. The van der Waals surface area contributed by atoms with Gasteiger partial charge in [-0.2, -0.15) is 0 Å². The summed E-state index contributed by atoms with van der Waals surface area (Å²) in [6, 6.07) is 8.18. The summed E-state index contributed by atoms with van der Waals surface area (Å²) in [5, 5.41) is 3.02. The van der Waals surface area contributed by atoms with Crippen LogP contribution in [0.15, 0.2) is 35.9 Å². The quantitative estimate of drug-likeness (QED) is 0.507. The van der Waals surface area contributed by atoms with E-state index in [0.717, 1.165) is 5.56 Å². The topological polar surface area (TPSA) is 64.6 Å². The minimum Gasteiger partial charge on any atom is -0.547 e. The van der Waals surface area contributed by atoms with E-state index >= 15 is 0 Å². The third-order valence-electron chi connectivity index (χ3n) is 2.99. The van der Waals surface area contributed by atoms with Gasteiger partial charge in [-0.05, 0) is 12.5 Å². The summed E-state index contributed by atoms with van der Waals surface area (Å²) < 4.78 is 9.69. The van der Waals surface area contributed by atoms with E-state index in [9.17, 15) is 9.59 Å². The molecule has 0 fully saturated rings. The first-order chi connectivity index (χ1) is 9.67. The van der Waals surface area contributed by atoms with Crippen molar-refractivity contribution in [2.75, 3.05) is 13.7 Å². The molecule has 2 rings (SSSR count). The van der Waals surface area contributed by atoms with Crippen molar-refractivity contribution in [1.82, 2.24) is 5.32 Å². The van der Waals surface area contributed by atoms with Crippen LogP contribution in [0.25, 0.3) is 0 Å². The largest absolute Gasteiger partial charge is 1.00 e. The molecule has 0 saturated carbocycles. The normalized spacial score (nSPS) is 20.2. The van der Waals surface area contributed by atoms with Gasteiger partial charge in [-0.3, -0.25) is 4.79 Å². The first-order valence-corrected chi connectivity index (χ1v) is 6.36. The molecule has 1 aliphatic heterocycles. The van der Waals surface area contributed by atoms with E-state index in [1.54, 1.807) is 6.92 Å². The molecule has 0 spiro atoms. The van der Waals surface area contributed by atoms with Crippen LogP contribution in [0.1, 0.15) is 18.5 Å². The molecule has 5 nitrogen and oxygen atoms in total. The summed E-state index contributed by atoms with van der Waals surface area (Å²) in [6.45, 7) is 2.00. The van der Waals surface area contributed by atoms with Crippen molar-refractivity contribution >= 4 is 11.9 Å². The van der Waals surface area contributed by atoms with E-state index in [1.807, 2.05) is 30.3 Å². The molecule has 116 valence electrons. The Labute approximate surface area is 134 Å². The smallest absolute Gasteiger partial charge is 0.547 e. The Morgan fingerprint density at radius 2 is 1.95 bits per heavy atom. The maximum absolute atomic E-state index is 12.0. The van der Waals surface area contributed by atoms with Crippen LogP contribution >= 0.6 is 0 Å². The Balaban J connectivity index is 0.00000220. The van der Waals surface area contributed by atoms with Gasteiger partial charge in [0.15, 0.2) is 5.97 Å². The van der Waals surface area contributed by atoms with Gasteiger partial charge in [-0.25, -0.2) is 6.08 Å². The minimum atomic E-state index is -0.760. The van der Waals surface area contributed by atoms with Crippen molar-refractivity contribution in [3.63, 3.8) is 0 Å². The molecule has 0 aromatic heterocycles. The Bertz CT molecular complexity index is 530. The summed E-state index contributed by atoms with van der Waals surface area (Å²) in [6.07, 6.45) is 2.83. The van der Waals surface area contributed by atoms with Crippen LogP contribution in [0.5, 0.6) is 0 Å². The fourth-order valence-electron chi connectivity index (χ4n) is 2.07. The van der Waals surface area contributed by atoms with Gasteiger partial charge in [-0.15, -0.1) is 5.57 Å². The van der Waals surface area contributed by atoms with E-state index in [2.05, 4.69) is 16.1 Å². The van der Waals surface area contributed by atoms with Gasteiger partial charge in [-0.1, -0.05) is 30.3 Å². The summed E-state index contributed by atoms with van der Waals surface area (Å²) in [5.74, 6) is -0.953. The molecule has 2 atom stereocenters. The summed E-state index contributed by atoms with van der Waals surface area (Å²) in [7, 11) is 1.30. The Morgan fingerprint density at radius 1 is 1.29 bits per heavy atom. The first kappa shape index (κ1) is 17.4. The number of esters is 2. The molecule has 6 heteroatoms. The van der Waals surface area contributed by atoms with Crippen molar-refractivity contribution in [3.8, 4) is 0 Å². The van der Waals surface area contributed by atoms with Gasteiger partial charge in [0.2, 0.25) is 0 Å². The van der Waals surface area contributed by atoms with Gasteiger partial charge < -0.3 is 19.6 Å². The zero-order valence-electron chi connectivity index (χ0n) is 11.7. The molecule has 1 aromatic rings. The van der Waals surface area contributed by atoms with Crippen LogP contribution in [0.4, 0.5) is 0 Å². The second-order valence-electron chi connectivity index (χ2n) is 4.25. The molecule has 0 amide bonds. The van der Waals surface area contributed by atoms with Gasteiger partial charge in [0, 0.05) is 6.04 Å². The number of hydrogen-bond acceptors (Lipinski definition) is 5. The standard InChI is InChI=1S/C15H16NO4.Cu/c1-3-20-14(17)11-9-12(15(18)19-2)16-13(11)10-7-5-4-6-8-10;/h4-8,12-13,16H,3H2,1-2H3;/q-1;+1/t12-,13-;/m0./s1. The summed E-state index contributed by atoms with van der Waals surface area (Å²) in [5.41, 5.74) is 1.18. The third kappa shape index (κ3) is 3.94. The van der Waals surface area contributed by atoms with E-state index in [0.29, 0.717) is 5.57 Å². The van der Waals surface area contributed by atoms with E-state index in [4.69, 9.17) is 4.74 Å². The van der Waals surface area contributed by atoms with Crippen LogP contribution in [-0.4, -0.2) is 31.7 Å². The number of ether oxygens (including phenoxy) is 2. The number of carbonyl (C=O) groups excluding carboxylic acids is 2. The summed E-state index contributed by atoms with van der Waals surface area (Å²) in [4.78, 5) is 23.6. The van der Waals surface area contributed by atoms with Crippen molar-refractivity contribution in [1.29, 1.82) is 0 Å². The zero-order chi connectivity index (χ0) is 14.5. The number of methoxy groups -OCH3 is 1. The summed E-state index contributed by atoms with van der Waals surface area (Å²) >= 11 is 0. The van der Waals surface area contributed by atoms with E-state index in [1.165, 1.54) is 7.11 Å². The maximum Gasteiger partial charge on any atom is 1.00 e. The third-order valence-corrected chi connectivity index (χ3v) is 2.99. The minimum absolute atomic E-state index is 0. The number of nitrogens with one attached hydrogen (secondary N) is 1. The predicted molar refractivity (Wildman–Crippen MR) is 71.5 cm³/mol. The van der Waals surface area contributed by atoms with Gasteiger partial charge in [0.25, 0.3) is 0 Å². The predicted octanol–water partition coefficient (Wildman–Crippen LogP) is 1.16. The monoisotopic (exact) mass is 337 g/mol. The fourth-order valence-corrected chi connectivity index (χ4v) is 2.07.